The summed E-state index contributed by atoms with van der Waals surface area (Å²) in [5.74, 6) is -0.140. The summed E-state index contributed by atoms with van der Waals surface area (Å²) in [5, 5.41) is 2.54. The van der Waals surface area contributed by atoms with Gasteiger partial charge in [-0.2, -0.15) is 0 Å². The molecule has 126 valence electrons. The van der Waals surface area contributed by atoms with Crippen molar-refractivity contribution in [3.05, 3.63) is 29.8 Å². The van der Waals surface area contributed by atoms with Crippen LogP contribution in [0.15, 0.2) is 24.3 Å². The molecule has 1 aromatic rings. The van der Waals surface area contributed by atoms with E-state index in [1.807, 2.05) is 6.92 Å². The number of hydrogen-bond donors (Lipinski definition) is 3. The molecule has 0 saturated carbocycles. The largest absolute Gasteiger partial charge is 0.493 e. The molecule has 2 amide bonds. The van der Waals surface area contributed by atoms with Crippen molar-refractivity contribution in [2.45, 2.75) is 34.1 Å². The number of para-hydroxylation sites is 1. The first-order valence-corrected chi connectivity index (χ1v) is 7.80. The number of amides is 2. The van der Waals surface area contributed by atoms with E-state index in [4.69, 9.17) is 17.0 Å². The summed E-state index contributed by atoms with van der Waals surface area (Å²) >= 11 is 4.98. The highest BCUT2D eigenvalue weighted by Crippen LogP contribution is 2.17. The number of benzene rings is 1. The molecular weight excluding hydrogens is 314 g/mol. The standard InChI is InChI=1S/C16H23N3O3S/c1-5-10-22-12-9-7-6-8-11(12)13(20)18-19-15(23)17-14(21)16(2,3)4/h6-9H,5,10H2,1-4H3,(H,18,20)(H2,17,19,21,23). The number of nitrogens with one attached hydrogen (secondary N) is 3. The summed E-state index contributed by atoms with van der Waals surface area (Å²) in [6.07, 6.45) is 0.844. The fourth-order valence-electron chi connectivity index (χ4n) is 1.49. The van der Waals surface area contributed by atoms with Gasteiger partial charge in [-0.25, -0.2) is 0 Å². The summed E-state index contributed by atoms with van der Waals surface area (Å²) in [4.78, 5) is 24.0. The van der Waals surface area contributed by atoms with Crippen molar-refractivity contribution >= 4 is 29.1 Å². The van der Waals surface area contributed by atoms with Crippen molar-refractivity contribution in [2.24, 2.45) is 5.41 Å². The zero-order valence-electron chi connectivity index (χ0n) is 13.9. The Hall–Kier alpha value is -2.15. The molecule has 0 saturated heterocycles. The van der Waals surface area contributed by atoms with E-state index in [-0.39, 0.29) is 11.0 Å². The summed E-state index contributed by atoms with van der Waals surface area (Å²) in [5.41, 5.74) is 4.77. The molecule has 0 aliphatic rings. The van der Waals surface area contributed by atoms with Crippen molar-refractivity contribution in [1.82, 2.24) is 16.2 Å². The summed E-state index contributed by atoms with van der Waals surface area (Å²) < 4.78 is 5.53. The first-order valence-electron chi connectivity index (χ1n) is 7.39. The molecule has 0 fully saturated rings. The van der Waals surface area contributed by atoms with E-state index in [1.165, 1.54) is 0 Å². The van der Waals surface area contributed by atoms with Gasteiger partial charge < -0.3 is 10.1 Å². The zero-order chi connectivity index (χ0) is 17.5. The van der Waals surface area contributed by atoms with Crippen LogP contribution < -0.4 is 20.9 Å². The van der Waals surface area contributed by atoms with Gasteiger partial charge in [0, 0.05) is 5.41 Å². The van der Waals surface area contributed by atoms with Crippen LogP contribution in [0.1, 0.15) is 44.5 Å². The molecule has 0 aliphatic heterocycles. The molecule has 0 aliphatic carbocycles. The quantitative estimate of drug-likeness (QED) is 0.579. The van der Waals surface area contributed by atoms with Crippen molar-refractivity contribution in [1.29, 1.82) is 0 Å². The first kappa shape index (κ1) is 18.9. The highest BCUT2D eigenvalue weighted by atomic mass is 32.1. The van der Waals surface area contributed by atoms with E-state index < -0.39 is 11.3 Å². The van der Waals surface area contributed by atoms with Gasteiger partial charge in [0.25, 0.3) is 5.91 Å². The number of hydrogen-bond acceptors (Lipinski definition) is 4. The van der Waals surface area contributed by atoms with Crippen LogP contribution in [0.3, 0.4) is 0 Å². The van der Waals surface area contributed by atoms with Crippen LogP contribution in [0.5, 0.6) is 5.75 Å². The zero-order valence-corrected chi connectivity index (χ0v) is 14.7. The fourth-order valence-corrected chi connectivity index (χ4v) is 1.64. The van der Waals surface area contributed by atoms with Gasteiger partial charge in [0.05, 0.1) is 12.2 Å². The van der Waals surface area contributed by atoms with E-state index >= 15 is 0 Å². The van der Waals surface area contributed by atoms with Crippen LogP contribution in [0, 0.1) is 5.41 Å². The highest BCUT2D eigenvalue weighted by molar-refractivity contribution is 7.80. The van der Waals surface area contributed by atoms with Gasteiger partial charge in [0.2, 0.25) is 5.91 Å². The Morgan fingerprint density at radius 3 is 2.43 bits per heavy atom. The van der Waals surface area contributed by atoms with Crippen molar-refractivity contribution in [3.8, 4) is 5.75 Å². The fraction of sp³-hybridized carbons (Fsp3) is 0.438. The molecule has 1 aromatic carbocycles. The second-order valence-corrected chi connectivity index (χ2v) is 6.37. The Bertz CT molecular complexity index is 582. The van der Waals surface area contributed by atoms with Crippen LogP contribution in [0.4, 0.5) is 0 Å². The molecule has 3 N–H and O–H groups in total. The van der Waals surface area contributed by atoms with Gasteiger partial charge in [0.1, 0.15) is 5.75 Å². The van der Waals surface area contributed by atoms with E-state index in [1.54, 1.807) is 45.0 Å². The lowest BCUT2D eigenvalue weighted by atomic mass is 9.96. The second-order valence-electron chi connectivity index (χ2n) is 5.96. The number of hydrazine groups is 1. The number of carbonyl (C=O) groups excluding carboxylic acids is 2. The highest BCUT2D eigenvalue weighted by Gasteiger charge is 2.22. The molecule has 0 atom stereocenters. The van der Waals surface area contributed by atoms with Gasteiger partial charge in [-0.1, -0.05) is 39.8 Å². The second kappa shape index (κ2) is 8.47. The lowest BCUT2D eigenvalue weighted by Crippen LogP contribution is -2.50. The molecule has 0 unspecified atom stereocenters. The van der Waals surface area contributed by atoms with Gasteiger partial charge >= 0.3 is 0 Å². The molecule has 0 spiro atoms. The number of ether oxygens (including phenoxy) is 1. The number of thiocarbonyl (C=S) groups is 1. The van der Waals surface area contributed by atoms with Gasteiger partial charge in [-0.05, 0) is 30.8 Å². The van der Waals surface area contributed by atoms with Gasteiger partial charge in [-0.3, -0.25) is 20.4 Å². The number of carbonyl (C=O) groups is 2. The molecule has 0 bridgehead atoms. The third-order valence-corrected chi connectivity index (χ3v) is 3.00. The average Bonchev–Trinajstić information content (AvgIpc) is 2.50. The molecule has 0 radical (unpaired) electrons. The van der Waals surface area contributed by atoms with E-state index in [2.05, 4.69) is 16.2 Å². The minimum absolute atomic E-state index is 0.0326. The van der Waals surface area contributed by atoms with E-state index in [0.29, 0.717) is 17.9 Å². The van der Waals surface area contributed by atoms with Crippen molar-refractivity contribution in [2.75, 3.05) is 6.61 Å². The Morgan fingerprint density at radius 2 is 1.83 bits per heavy atom. The Morgan fingerprint density at radius 1 is 1.17 bits per heavy atom. The summed E-state index contributed by atoms with van der Waals surface area (Å²) in [6, 6.07) is 6.92. The van der Waals surface area contributed by atoms with Crippen LogP contribution in [0.2, 0.25) is 0 Å². The van der Waals surface area contributed by atoms with Gasteiger partial charge in [-0.15, -0.1) is 0 Å². The molecule has 0 aromatic heterocycles. The lowest BCUT2D eigenvalue weighted by molar-refractivity contribution is -0.126. The molecular formula is C16H23N3O3S. The Labute approximate surface area is 141 Å². The number of rotatable bonds is 4. The topological polar surface area (TPSA) is 79.5 Å². The molecule has 7 heteroatoms. The summed E-state index contributed by atoms with van der Waals surface area (Å²) in [7, 11) is 0. The monoisotopic (exact) mass is 337 g/mol. The van der Waals surface area contributed by atoms with Crippen LogP contribution in [0.25, 0.3) is 0 Å². The minimum Gasteiger partial charge on any atom is -0.493 e. The lowest BCUT2D eigenvalue weighted by Gasteiger charge is -2.19. The third-order valence-electron chi connectivity index (χ3n) is 2.79. The third kappa shape index (κ3) is 6.23. The molecule has 6 nitrogen and oxygen atoms in total. The first-order chi connectivity index (χ1) is 10.8. The predicted molar refractivity (Wildman–Crippen MR) is 93.0 cm³/mol. The Kier molecular flexibility index (Phi) is 6.96. The van der Waals surface area contributed by atoms with Crippen molar-refractivity contribution < 1.29 is 14.3 Å². The van der Waals surface area contributed by atoms with Crippen LogP contribution in [-0.4, -0.2) is 23.5 Å². The Balaban J connectivity index is 2.60. The maximum Gasteiger partial charge on any atom is 0.273 e. The average molecular weight is 337 g/mol. The normalized spacial score (nSPS) is 10.6. The SMILES string of the molecule is CCCOc1ccccc1C(=O)NNC(=S)NC(=O)C(C)(C)C. The van der Waals surface area contributed by atoms with Crippen molar-refractivity contribution in [3.63, 3.8) is 0 Å². The molecule has 1 rings (SSSR count). The van der Waals surface area contributed by atoms with E-state index in [9.17, 15) is 9.59 Å². The van der Waals surface area contributed by atoms with Crippen LogP contribution >= 0.6 is 12.2 Å². The summed E-state index contributed by atoms with van der Waals surface area (Å²) in [6.45, 7) is 7.82. The maximum absolute atomic E-state index is 12.2. The smallest absolute Gasteiger partial charge is 0.273 e. The van der Waals surface area contributed by atoms with E-state index in [0.717, 1.165) is 6.42 Å². The predicted octanol–water partition coefficient (Wildman–Crippen LogP) is 2.16. The van der Waals surface area contributed by atoms with Gasteiger partial charge in [0.15, 0.2) is 5.11 Å². The van der Waals surface area contributed by atoms with Crippen LogP contribution in [-0.2, 0) is 4.79 Å². The molecule has 0 heterocycles. The molecule has 23 heavy (non-hydrogen) atoms. The minimum atomic E-state index is -0.573. The maximum atomic E-state index is 12.2.